The van der Waals surface area contributed by atoms with Crippen molar-refractivity contribution in [3.63, 3.8) is 0 Å². The van der Waals surface area contributed by atoms with Gasteiger partial charge < -0.3 is 10.2 Å². The summed E-state index contributed by atoms with van der Waals surface area (Å²) in [6.07, 6.45) is 2.24. The first-order valence-electron chi connectivity index (χ1n) is 8.27. The largest absolute Gasteiger partial charge is 0.341 e. The second-order valence-corrected chi connectivity index (χ2v) is 6.16. The molecule has 7 nitrogen and oxygen atoms in total. The summed E-state index contributed by atoms with van der Waals surface area (Å²) in [6.45, 7) is 1.62. The number of rotatable bonds is 4. The first-order chi connectivity index (χ1) is 11.6. The number of benzene rings is 1. The zero-order chi connectivity index (χ0) is 17.1. The van der Waals surface area contributed by atoms with E-state index in [1.54, 1.807) is 24.3 Å². The van der Waals surface area contributed by atoms with Crippen LogP contribution in [0.5, 0.6) is 0 Å². The standard InChI is InChI=1S/C17H22N4O3/c1-18-12-5-4-9-20(11-12)15(22)8-10-21-17(24)14-7-3-2-6-13(14)16(23)19-21/h2-3,6-7,12,18H,4-5,8-11H2,1H3,(H,19,23). The molecule has 0 bridgehead atoms. The van der Waals surface area contributed by atoms with Gasteiger partial charge in [-0.05, 0) is 32.0 Å². The SMILES string of the molecule is CNC1CCCN(C(=O)CCn2[nH]c(=O)c3ccccc3c2=O)C1. The number of nitrogens with one attached hydrogen (secondary N) is 2. The summed E-state index contributed by atoms with van der Waals surface area (Å²) < 4.78 is 1.24. The average Bonchev–Trinajstić information content (AvgIpc) is 2.63. The highest BCUT2D eigenvalue weighted by molar-refractivity contribution is 5.80. The maximum absolute atomic E-state index is 12.4. The monoisotopic (exact) mass is 330 g/mol. The van der Waals surface area contributed by atoms with Gasteiger partial charge in [0.15, 0.2) is 0 Å². The molecule has 1 fully saturated rings. The molecule has 2 N–H and O–H groups in total. The van der Waals surface area contributed by atoms with E-state index in [4.69, 9.17) is 0 Å². The van der Waals surface area contributed by atoms with Gasteiger partial charge in [-0.2, -0.15) is 0 Å². The fourth-order valence-corrected chi connectivity index (χ4v) is 3.21. The van der Waals surface area contributed by atoms with Crippen molar-refractivity contribution in [2.75, 3.05) is 20.1 Å². The summed E-state index contributed by atoms with van der Waals surface area (Å²) in [5.41, 5.74) is -0.587. The molecular formula is C17H22N4O3. The van der Waals surface area contributed by atoms with Crippen molar-refractivity contribution in [2.45, 2.75) is 31.8 Å². The van der Waals surface area contributed by atoms with E-state index >= 15 is 0 Å². The molecule has 3 rings (SSSR count). The molecule has 1 saturated heterocycles. The lowest BCUT2D eigenvalue weighted by Crippen LogP contribution is -2.47. The van der Waals surface area contributed by atoms with Crippen LogP contribution in [0.25, 0.3) is 10.8 Å². The van der Waals surface area contributed by atoms with Crippen molar-refractivity contribution in [3.05, 3.63) is 45.0 Å². The van der Waals surface area contributed by atoms with Crippen molar-refractivity contribution in [3.8, 4) is 0 Å². The molecule has 1 aromatic heterocycles. The molecular weight excluding hydrogens is 308 g/mol. The molecule has 1 aromatic carbocycles. The normalized spacial score (nSPS) is 18.0. The molecule has 24 heavy (non-hydrogen) atoms. The van der Waals surface area contributed by atoms with Gasteiger partial charge in [0.1, 0.15) is 0 Å². The van der Waals surface area contributed by atoms with Crippen LogP contribution < -0.4 is 16.4 Å². The zero-order valence-corrected chi connectivity index (χ0v) is 13.7. The number of hydrogen-bond acceptors (Lipinski definition) is 4. The predicted octanol–water partition coefficient (Wildman–Crippen LogP) is 0.290. The first-order valence-corrected chi connectivity index (χ1v) is 8.27. The van der Waals surface area contributed by atoms with Crippen LogP contribution in [0.2, 0.25) is 0 Å². The van der Waals surface area contributed by atoms with Gasteiger partial charge >= 0.3 is 0 Å². The minimum Gasteiger partial charge on any atom is -0.341 e. The fraction of sp³-hybridized carbons (Fsp3) is 0.471. The van der Waals surface area contributed by atoms with Gasteiger partial charge in [-0.1, -0.05) is 12.1 Å². The van der Waals surface area contributed by atoms with Crippen LogP contribution in [-0.2, 0) is 11.3 Å². The van der Waals surface area contributed by atoms with Gasteiger partial charge in [-0.15, -0.1) is 0 Å². The van der Waals surface area contributed by atoms with Crippen LogP contribution in [0.1, 0.15) is 19.3 Å². The number of likely N-dealkylation sites (N-methyl/N-ethyl adjacent to an activating group) is 1. The van der Waals surface area contributed by atoms with E-state index in [0.29, 0.717) is 23.4 Å². The number of nitrogens with zero attached hydrogens (tertiary/aromatic N) is 2. The Morgan fingerprint density at radius 3 is 2.79 bits per heavy atom. The number of aryl methyl sites for hydroxylation is 1. The first kappa shape index (κ1) is 16.4. The number of fused-ring (bicyclic) bond motifs is 1. The van der Waals surface area contributed by atoms with Crippen LogP contribution in [-0.4, -0.2) is 46.8 Å². The van der Waals surface area contributed by atoms with Gasteiger partial charge in [0, 0.05) is 25.6 Å². The molecule has 0 saturated carbocycles. The third-order valence-electron chi connectivity index (χ3n) is 4.62. The Hall–Kier alpha value is -2.41. The smallest absolute Gasteiger partial charge is 0.273 e. The van der Waals surface area contributed by atoms with Gasteiger partial charge in [-0.3, -0.25) is 19.5 Å². The molecule has 0 spiro atoms. The summed E-state index contributed by atoms with van der Waals surface area (Å²) in [6, 6.07) is 7.03. The third kappa shape index (κ3) is 3.26. The fourth-order valence-electron chi connectivity index (χ4n) is 3.21. The van der Waals surface area contributed by atoms with E-state index in [0.717, 1.165) is 19.4 Å². The highest BCUT2D eigenvalue weighted by atomic mass is 16.2. The molecule has 2 heterocycles. The summed E-state index contributed by atoms with van der Waals surface area (Å²) in [4.78, 5) is 38.7. The maximum atomic E-state index is 12.4. The molecule has 7 heteroatoms. The van der Waals surface area contributed by atoms with E-state index in [1.807, 2.05) is 11.9 Å². The number of aromatic nitrogens is 2. The van der Waals surface area contributed by atoms with Crippen molar-refractivity contribution >= 4 is 16.7 Å². The number of piperidine rings is 1. The van der Waals surface area contributed by atoms with Gasteiger partial charge in [0.05, 0.1) is 17.3 Å². The lowest BCUT2D eigenvalue weighted by Gasteiger charge is -2.32. The van der Waals surface area contributed by atoms with Crippen molar-refractivity contribution < 1.29 is 4.79 Å². The number of amides is 1. The number of carbonyl (C=O) groups excluding carboxylic acids is 1. The van der Waals surface area contributed by atoms with Crippen LogP contribution in [0, 0.1) is 0 Å². The Morgan fingerprint density at radius 1 is 1.29 bits per heavy atom. The van der Waals surface area contributed by atoms with Crippen LogP contribution in [0.15, 0.2) is 33.9 Å². The summed E-state index contributed by atoms with van der Waals surface area (Å²) in [5, 5.41) is 6.51. The highest BCUT2D eigenvalue weighted by Gasteiger charge is 2.22. The maximum Gasteiger partial charge on any atom is 0.273 e. The molecule has 0 radical (unpaired) electrons. The minimum absolute atomic E-state index is 0.0101. The number of H-pyrrole nitrogens is 1. The Kier molecular flexibility index (Phi) is 4.80. The molecule has 1 aliphatic heterocycles. The van der Waals surface area contributed by atoms with Crippen LogP contribution >= 0.6 is 0 Å². The summed E-state index contributed by atoms with van der Waals surface area (Å²) >= 11 is 0. The minimum atomic E-state index is -0.314. The summed E-state index contributed by atoms with van der Waals surface area (Å²) in [7, 11) is 1.90. The predicted molar refractivity (Wildman–Crippen MR) is 92.1 cm³/mol. The van der Waals surface area contributed by atoms with Crippen LogP contribution in [0.4, 0.5) is 0 Å². The Bertz CT molecular complexity index is 855. The average molecular weight is 330 g/mol. The van der Waals surface area contributed by atoms with Crippen molar-refractivity contribution in [1.82, 2.24) is 20.0 Å². The van der Waals surface area contributed by atoms with Gasteiger partial charge in [-0.25, -0.2) is 4.68 Å². The van der Waals surface area contributed by atoms with Crippen LogP contribution in [0.3, 0.4) is 0 Å². The molecule has 1 amide bonds. The molecule has 1 unspecified atom stereocenters. The van der Waals surface area contributed by atoms with Gasteiger partial charge in [0.2, 0.25) is 5.91 Å². The Labute approximate surface area is 139 Å². The van der Waals surface area contributed by atoms with Gasteiger partial charge in [0.25, 0.3) is 11.1 Å². The number of likely N-dealkylation sites (tertiary alicyclic amines) is 1. The quantitative estimate of drug-likeness (QED) is 0.843. The highest BCUT2D eigenvalue weighted by Crippen LogP contribution is 2.11. The molecule has 2 aromatic rings. The van der Waals surface area contributed by atoms with Crippen molar-refractivity contribution in [2.24, 2.45) is 0 Å². The second kappa shape index (κ2) is 7.00. The number of hydrogen-bond donors (Lipinski definition) is 2. The third-order valence-corrected chi connectivity index (χ3v) is 4.62. The molecule has 1 atom stereocenters. The zero-order valence-electron chi connectivity index (χ0n) is 13.7. The molecule has 0 aliphatic carbocycles. The number of carbonyl (C=O) groups is 1. The number of aromatic amines is 1. The van der Waals surface area contributed by atoms with E-state index in [-0.39, 0.29) is 30.0 Å². The van der Waals surface area contributed by atoms with Crippen molar-refractivity contribution in [1.29, 1.82) is 0 Å². The Morgan fingerprint density at radius 2 is 2.04 bits per heavy atom. The van der Waals surface area contributed by atoms with E-state index < -0.39 is 0 Å². The molecule has 1 aliphatic rings. The lowest BCUT2D eigenvalue weighted by atomic mass is 10.1. The lowest BCUT2D eigenvalue weighted by molar-refractivity contribution is -0.132. The van der Waals surface area contributed by atoms with E-state index in [2.05, 4.69) is 10.4 Å². The second-order valence-electron chi connectivity index (χ2n) is 6.16. The van der Waals surface area contributed by atoms with E-state index in [1.165, 1.54) is 4.68 Å². The topological polar surface area (TPSA) is 87.2 Å². The van der Waals surface area contributed by atoms with E-state index in [9.17, 15) is 14.4 Å². The Balaban J connectivity index is 1.74. The summed E-state index contributed by atoms with van der Waals surface area (Å²) in [5.74, 6) is 0.0101. The molecule has 128 valence electrons.